The van der Waals surface area contributed by atoms with Crippen LogP contribution in [0.2, 0.25) is 0 Å². The highest BCUT2D eigenvalue weighted by Crippen LogP contribution is 2.22. The minimum absolute atomic E-state index is 0.323. The molecule has 1 atom stereocenters. The lowest BCUT2D eigenvalue weighted by atomic mass is 10.5. The van der Waals surface area contributed by atoms with E-state index in [9.17, 15) is 4.21 Å². The number of nitrogen functional groups attached to an aromatic ring is 1. The van der Waals surface area contributed by atoms with E-state index in [1.54, 1.807) is 10.8 Å². The Morgan fingerprint density at radius 3 is 2.94 bits per heavy atom. The molecule has 8 heteroatoms. The van der Waals surface area contributed by atoms with Gasteiger partial charge in [0.05, 0.1) is 7.11 Å². The van der Waals surface area contributed by atoms with Crippen LogP contribution in [-0.4, -0.2) is 42.8 Å². The Morgan fingerprint density at radius 2 is 2.29 bits per heavy atom. The third-order valence-electron chi connectivity index (χ3n) is 2.32. The fraction of sp³-hybridized carbons (Fsp3) is 0.444. The number of imidazole rings is 1. The summed E-state index contributed by atoms with van der Waals surface area (Å²) in [7, 11) is 0.625. The number of ether oxygens (including phenoxy) is 1. The normalized spacial score (nSPS) is 12.8. The molecule has 2 aromatic rings. The number of nitrogens with two attached hydrogens (primary N) is 1. The molecule has 0 aliphatic rings. The van der Waals surface area contributed by atoms with Gasteiger partial charge in [-0.2, -0.15) is 4.98 Å². The first-order valence-corrected chi connectivity index (χ1v) is 6.67. The second kappa shape index (κ2) is 4.66. The average Bonchev–Trinajstić information content (AvgIpc) is 2.62. The van der Waals surface area contributed by atoms with Gasteiger partial charge in [-0.1, -0.05) is 0 Å². The molecule has 0 amide bonds. The van der Waals surface area contributed by atoms with Crippen LogP contribution in [0.15, 0.2) is 6.33 Å². The van der Waals surface area contributed by atoms with Crippen molar-refractivity contribution in [2.24, 2.45) is 0 Å². The van der Waals surface area contributed by atoms with Crippen molar-refractivity contribution in [2.45, 2.75) is 6.54 Å². The summed E-state index contributed by atoms with van der Waals surface area (Å²) in [5.41, 5.74) is 6.91. The third kappa shape index (κ3) is 2.21. The van der Waals surface area contributed by atoms with Gasteiger partial charge < -0.3 is 10.5 Å². The molecule has 1 unspecified atom stereocenters. The molecule has 0 radical (unpaired) electrons. The monoisotopic (exact) mass is 255 g/mol. The van der Waals surface area contributed by atoms with Crippen molar-refractivity contribution < 1.29 is 8.95 Å². The highest BCUT2D eigenvalue weighted by molar-refractivity contribution is 7.84. The second-order valence-corrected chi connectivity index (χ2v) is 5.01. The molecule has 92 valence electrons. The number of anilines is 1. The van der Waals surface area contributed by atoms with Gasteiger partial charge in [0, 0.05) is 29.4 Å². The first-order chi connectivity index (χ1) is 8.13. The van der Waals surface area contributed by atoms with E-state index in [4.69, 9.17) is 10.5 Å². The molecule has 7 nitrogen and oxygen atoms in total. The first-order valence-electron chi connectivity index (χ1n) is 4.94. The van der Waals surface area contributed by atoms with Crippen molar-refractivity contribution in [3.63, 3.8) is 0 Å². The zero-order valence-corrected chi connectivity index (χ0v) is 10.4. The average molecular weight is 255 g/mol. The molecule has 2 aromatic heterocycles. The Hall–Kier alpha value is -1.70. The van der Waals surface area contributed by atoms with Gasteiger partial charge in [-0.05, 0) is 0 Å². The highest BCUT2D eigenvalue weighted by atomic mass is 32.2. The van der Waals surface area contributed by atoms with Crippen molar-refractivity contribution in [2.75, 3.05) is 24.9 Å². The lowest BCUT2D eigenvalue weighted by Gasteiger charge is -2.03. The van der Waals surface area contributed by atoms with Crippen LogP contribution < -0.4 is 10.5 Å². The molecule has 2 heterocycles. The summed E-state index contributed by atoms with van der Waals surface area (Å²) in [5, 5.41) is 0. The summed E-state index contributed by atoms with van der Waals surface area (Å²) in [6, 6.07) is 0. The Labute approximate surface area is 100 Å². The van der Waals surface area contributed by atoms with E-state index >= 15 is 0 Å². The maximum absolute atomic E-state index is 11.1. The van der Waals surface area contributed by atoms with Crippen LogP contribution in [-0.2, 0) is 17.3 Å². The van der Waals surface area contributed by atoms with E-state index in [1.165, 1.54) is 13.4 Å². The molecule has 0 saturated heterocycles. The van der Waals surface area contributed by atoms with Gasteiger partial charge in [0.25, 0.3) is 0 Å². The maximum atomic E-state index is 11.1. The number of hydrogen-bond donors (Lipinski definition) is 1. The fourth-order valence-electron chi connectivity index (χ4n) is 1.52. The number of rotatable bonds is 4. The SMILES string of the molecule is COc1ncnc2c1nc(N)n2CCS(C)=O. The van der Waals surface area contributed by atoms with E-state index in [1.807, 2.05) is 0 Å². The lowest BCUT2D eigenvalue weighted by molar-refractivity contribution is 0.401. The molecular weight excluding hydrogens is 242 g/mol. The molecule has 0 aliphatic heterocycles. The van der Waals surface area contributed by atoms with Crippen LogP contribution in [0.5, 0.6) is 5.88 Å². The van der Waals surface area contributed by atoms with Crippen molar-refractivity contribution in [3.8, 4) is 5.88 Å². The molecular formula is C9H13N5O2S. The topological polar surface area (TPSA) is 95.9 Å². The Morgan fingerprint density at radius 1 is 1.53 bits per heavy atom. The smallest absolute Gasteiger partial charge is 0.245 e. The van der Waals surface area contributed by atoms with Gasteiger partial charge in [-0.25, -0.2) is 9.97 Å². The summed E-state index contributed by atoms with van der Waals surface area (Å²) in [4.78, 5) is 12.2. The molecule has 2 N–H and O–H groups in total. The van der Waals surface area contributed by atoms with Crippen molar-refractivity contribution in [1.29, 1.82) is 0 Å². The molecule has 2 rings (SSSR count). The van der Waals surface area contributed by atoms with Gasteiger partial charge in [-0.3, -0.25) is 8.78 Å². The van der Waals surface area contributed by atoms with Gasteiger partial charge in [0.2, 0.25) is 11.8 Å². The third-order valence-corrected chi connectivity index (χ3v) is 3.08. The Bertz CT molecular complexity index is 568. The Balaban J connectivity index is 2.48. The number of fused-ring (bicyclic) bond motifs is 1. The van der Waals surface area contributed by atoms with Gasteiger partial charge in [-0.15, -0.1) is 0 Å². The van der Waals surface area contributed by atoms with E-state index in [0.717, 1.165) is 0 Å². The summed E-state index contributed by atoms with van der Waals surface area (Å²) in [6.45, 7) is 0.506. The Kier molecular flexibility index (Phi) is 3.23. The van der Waals surface area contributed by atoms with Crippen LogP contribution in [0, 0.1) is 0 Å². The summed E-state index contributed by atoms with van der Waals surface area (Å²) >= 11 is 0. The molecule has 0 saturated carbocycles. The number of hydrogen-bond acceptors (Lipinski definition) is 6. The first kappa shape index (κ1) is 11.8. The van der Waals surface area contributed by atoms with Gasteiger partial charge in [0.15, 0.2) is 11.2 Å². The minimum Gasteiger partial charge on any atom is -0.479 e. The zero-order chi connectivity index (χ0) is 12.4. The summed E-state index contributed by atoms with van der Waals surface area (Å²) in [6.07, 6.45) is 3.03. The van der Waals surface area contributed by atoms with E-state index in [0.29, 0.717) is 35.3 Å². The zero-order valence-electron chi connectivity index (χ0n) is 9.58. The number of aromatic nitrogens is 4. The second-order valence-electron chi connectivity index (χ2n) is 3.45. The molecule has 17 heavy (non-hydrogen) atoms. The molecule has 0 aromatic carbocycles. The van der Waals surface area contributed by atoms with Crippen LogP contribution in [0.25, 0.3) is 11.2 Å². The number of methoxy groups -OCH3 is 1. The van der Waals surface area contributed by atoms with E-state index < -0.39 is 10.8 Å². The van der Waals surface area contributed by atoms with Crippen molar-refractivity contribution in [3.05, 3.63) is 6.33 Å². The lowest BCUT2D eigenvalue weighted by Crippen LogP contribution is -2.09. The van der Waals surface area contributed by atoms with Gasteiger partial charge in [0.1, 0.15) is 6.33 Å². The van der Waals surface area contributed by atoms with Gasteiger partial charge >= 0.3 is 0 Å². The molecule has 0 bridgehead atoms. The predicted molar refractivity (Wildman–Crippen MR) is 65.2 cm³/mol. The van der Waals surface area contributed by atoms with E-state index in [-0.39, 0.29) is 0 Å². The molecule has 0 spiro atoms. The van der Waals surface area contributed by atoms with Crippen LogP contribution >= 0.6 is 0 Å². The minimum atomic E-state index is -0.887. The van der Waals surface area contributed by atoms with E-state index in [2.05, 4.69) is 15.0 Å². The predicted octanol–water partition coefficient (Wildman–Crippen LogP) is -0.204. The molecule has 0 fully saturated rings. The number of nitrogens with zero attached hydrogens (tertiary/aromatic N) is 4. The summed E-state index contributed by atoms with van der Waals surface area (Å²) < 4.78 is 17.9. The number of aryl methyl sites for hydroxylation is 1. The maximum Gasteiger partial charge on any atom is 0.245 e. The standard InChI is InChI=1S/C9H13N5O2S/c1-16-8-6-7(11-5-12-8)14(9(10)13-6)3-4-17(2)15/h5H,3-4H2,1-2H3,(H2,10,13). The highest BCUT2D eigenvalue weighted by Gasteiger charge is 2.14. The van der Waals surface area contributed by atoms with Crippen molar-refractivity contribution >= 4 is 27.9 Å². The quantitative estimate of drug-likeness (QED) is 0.812. The molecule has 0 aliphatic carbocycles. The fourth-order valence-corrected chi connectivity index (χ4v) is 1.96. The largest absolute Gasteiger partial charge is 0.479 e. The van der Waals surface area contributed by atoms with Crippen molar-refractivity contribution in [1.82, 2.24) is 19.5 Å². The van der Waals surface area contributed by atoms with Crippen LogP contribution in [0.4, 0.5) is 5.95 Å². The van der Waals surface area contributed by atoms with Crippen LogP contribution in [0.3, 0.4) is 0 Å². The summed E-state index contributed by atoms with van der Waals surface area (Å²) in [5.74, 6) is 1.21. The van der Waals surface area contributed by atoms with Crippen LogP contribution in [0.1, 0.15) is 0 Å².